The smallest absolute Gasteiger partial charge is 0.0729 e. The van der Waals surface area contributed by atoms with E-state index in [2.05, 4.69) is 19.2 Å². The first-order chi connectivity index (χ1) is 9.29. The molecule has 1 spiro atoms. The Bertz CT molecular complexity index is 248. The lowest BCUT2D eigenvalue weighted by atomic mass is 9.78. The van der Waals surface area contributed by atoms with E-state index in [0.717, 1.165) is 65.3 Å². The van der Waals surface area contributed by atoms with Gasteiger partial charge >= 0.3 is 0 Å². The Kier molecular flexibility index (Phi) is 6.07. The molecule has 0 aromatic carbocycles. The summed E-state index contributed by atoms with van der Waals surface area (Å²) >= 11 is 0. The van der Waals surface area contributed by atoms with Crippen LogP contribution in [0.25, 0.3) is 0 Å². The maximum Gasteiger partial charge on any atom is 0.0729 e. The van der Waals surface area contributed by atoms with Crippen LogP contribution in [0.2, 0.25) is 0 Å². The Labute approximate surface area is 117 Å². The lowest BCUT2D eigenvalue weighted by Gasteiger charge is -2.45. The van der Waals surface area contributed by atoms with Crippen molar-refractivity contribution in [2.45, 2.75) is 51.2 Å². The second-order valence-electron chi connectivity index (χ2n) is 5.72. The Morgan fingerprint density at radius 3 is 2.74 bits per heavy atom. The molecule has 0 radical (unpaired) electrons. The lowest BCUT2D eigenvalue weighted by Crippen LogP contribution is -2.50. The number of ether oxygens (including phenoxy) is 3. The third-order valence-corrected chi connectivity index (χ3v) is 4.47. The standard InChI is InChI=1S/C15H29NO3/c1-3-16-14(12-17-4-2)13-5-8-19-15(11-13)6-9-18-10-7-15/h13-14,16H,3-12H2,1-2H3. The number of rotatable bonds is 6. The van der Waals surface area contributed by atoms with Crippen molar-refractivity contribution >= 4 is 0 Å². The molecule has 0 bridgehead atoms. The molecule has 2 aliphatic heterocycles. The summed E-state index contributed by atoms with van der Waals surface area (Å²) in [5.41, 5.74) is 0.0844. The Balaban J connectivity index is 1.93. The normalized spacial score (nSPS) is 28.4. The molecule has 2 heterocycles. The number of hydrogen-bond donors (Lipinski definition) is 1. The van der Waals surface area contributed by atoms with Crippen molar-refractivity contribution in [2.24, 2.45) is 5.92 Å². The van der Waals surface area contributed by atoms with Gasteiger partial charge in [0.15, 0.2) is 0 Å². The van der Waals surface area contributed by atoms with Crippen LogP contribution in [0, 0.1) is 5.92 Å². The van der Waals surface area contributed by atoms with Crippen molar-refractivity contribution in [3.05, 3.63) is 0 Å². The monoisotopic (exact) mass is 271 g/mol. The highest BCUT2D eigenvalue weighted by Gasteiger charge is 2.41. The van der Waals surface area contributed by atoms with Crippen LogP contribution in [0.3, 0.4) is 0 Å². The molecule has 0 amide bonds. The first-order valence-electron chi connectivity index (χ1n) is 7.82. The summed E-state index contributed by atoms with van der Waals surface area (Å²) in [5.74, 6) is 0.665. The van der Waals surface area contributed by atoms with E-state index in [9.17, 15) is 0 Å². The fraction of sp³-hybridized carbons (Fsp3) is 1.00. The van der Waals surface area contributed by atoms with E-state index in [1.54, 1.807) is 0 Å². The molecular formula is C15H29NO3. The van der Waals surface area contributed by atoms with E-state index in [1.807, 2.05) is 0 Å². The summed E-state index contributed by atoms with van der Waals surface area (Å²) in [4.78, 5) is 0. The van der Waals surface area contributed by atoms with E-state index >= 15 is 0 Å². The van der Waals surface area contributed by atoms with Crippen LogP contribution < -0.4 is 5.32 Å². The molecule has 2 unspecified atom stereocenters. The van der Waals surface area contributed by atoms with Gasteiger partial charge in [0.1, 0.15) is 0 Å². The average molecular weight is 271 g/mol. The van der Waals surface area contributed by atoms with Gasteiger partial charge in [-0.1, -0.05) is 6.92 Å². The minimum atomic E-state index is 0.0844. The zero-order valence-electron chi connectivity index (χ0n) is 12.5. The van der Waals surface area contributed by atoms with Gasteiger partial charge in [-0.3, -0.25) is 0 Å². The van der Waals surface area contributed by atoms with Crippen LogP contribution >= 0.6 is 0 Å². The number of nitrogens with one attached hydrogen (secondary N) is 1. The SMILES string of the molecule is CCNC(COCC)C1CCOC2(CCOCC2)C1. The quantitative estimate of drug-likeness (QED) is 0.802. The molecule has 2 aliphatic rings. The van der Waals surface area contributed by atoms with Crippen LogP contribution in [0.15, 0.2) is 0 Å². The van der Waals surface area contributed by atoms with Crippen LogP contribution in [-0.4, -0.2) is 51.2 Å². The second-order valence-corrected chi connectivity index (χ2v) is 5.72. The molecule has 0 aromatic heterocycles. The summed E-state index contributed by atoms with van der Waals surface area (Å²) in [6, 6.07) is 0.466. The number of likely N-dealkylation sites (N-methyl/N-ethyl adjacent to an activating group) is 1. The zero-order valence-corrected chi connectivity index (χ0v) is 12.5. The molecule has 2 fully saturated rings. The van der Waals surface area contributed by atoms with Gasteiger partial charge in [0.05, 0.1) is 12.2 Å². The Morgan fingerprint density at radius 1 is 1.26 bits per heavy atom. The van der Waals surface area contributed by atoms with Crippen molar-refractivity contribution in [3.8, 4) is 0 Å². The molecule has 112 valence electrons. The van der Waals surface area contributed by atoms with Gasteiger partial charge in [0.25, 0.3) is 0 Å². The first-order valence-corrected chi connectivity index (χ1v) is 7.82. The van der Waals surface area contributed by atoms with Crippen LogP contribution in [-0.2, 0) is 14.2 Å². The van der Waals surface area contributed by atoms with E-state index < -0.39 is 0 Å². The van der Waals surface area contributed by atoms with Crippen molar-refractivity contribution in [3.63, 3.8) is 0 Å². The van der Waals surface area contributed by atoms with Crippen molar-refractivity contribution in [1.29, 1.82) is 0 Å². The van der Waals surface area contributed by atoms with E-state index in [1.165, 1.54) is 0 Å². The Hall–Kier alpha value is -0.160. The summed E-state index contributed by atoms with van der Waals surface area (Å²) in [6.45, 7) is 9.44. The van der Waals surface area contributed by atoms with E-state index in [4.69, 9.17) is 14.2 Å². The maximum atomic E-state index is 6.12. The van der Waals surface area contributed by atoms with Gasteiger partial charge in [-0.15, -0.1) is 0 Å². The molecule has 4 heteroatoms. The average Bonchev–Trinajstić information content (AvgIpc) is 2.44. The first kappa shape index (κ1) is 15.2. The fourth-order valence-corrected chi connectivity index (χ4v) is 3.37. The zero-order chi connectivity index (χ0) is 13.6. The van der Waals surface area contributed by atoms with E-state index in [-0.39, 0.29) is 5.60 Å². The molecule has 0 saturated carbocycles. The molecule has 2 saturated heterocycles. The van der Waals surface area contributed by atoms with Crippen LogP contribution in [0.4, 0.5) is 0 Å². The summed E-state index contributed by atoms with van der Waals surface area (Å²) in [5, 5.41) is 3.60. The fourth-order valence-electron chi connectivity index (χ4n) is 3.37. The van der Waals surface area contributed by atoms with Crippen molar-refractivity contribution in [1.82, 2.24) is 5.32 Å². The third-order valence-electron chi connectivity index (χ3n) is 4.47. The van der Waals surface area contributed by atoms with Gasteiger partial charge < -0.3 is 19.5 Å². The predicted octanol–water partition coefficient (Wildman–Crippen LogP) is 1.98. The molecule has 0 aliphatic carbocycles. The molecule has 2 atom stereocenters. The van der Waals surface area contributed by atoms with Gasteiger partial charge in [0.2, 0.25) is 0 Å². The molecular weight excluding hydrogens is 242 g/mol. The highest BCUT2D eigenvalue weighted by Crippen LogP contribution is 2.38. The van der Waals surface area contributed by atoms with Crippen LogP contribution in [0.5, 0.6) is 0 Å². The molecule has 19 heavy (non-hydrogen) atoms. The largest absolute Gasteiger partial charge is 0.381 e. The van der Waals surface area contributed by atoms with Gasteiger partial charge in [0, 0.05) is 32.5 Å². The summed E-state index contributed by atoms with van der Waals surface area (Å²) < 4.78 is 17.3. The van der Waals surface area contributed by atoms with Gasteiger partial charge in [-0.05, 0) is 45.1 Å². The predicted molar refractivity (Wildman–Crippen MR) is 75.4 cm³/mol. The second kappa shape index (κ2) is 7.58. The third kappa shape index (κ3) is 4.15. The molecule has 2 rings (SSSR count). The molecule has 4 nitrogen and oxygen atoms in total. The van der Waals surface area contributed by atoms with Crippen molar-refractivity contribution < 1.29 is 14.2 Å². The topological polar surface area (TPSA) is 39.7 Å². The van der Waals surface area contributed by atoms with Crippen LogP contribution in [0.1, 0.15) is 39.5 Å². The highest BCUT2D eigenvalue weighted by atomic mass is 16.5. The highest BCUT2D eigenvalue weighted by molar-refractivity contribution is 4.92. The summed E-state index contributed by atoms with van der Waals surface area (Å²) in [6.07, 6.45) is 4.41. The lowest BCUT2D eigenvalue weighted by molar-refractivity contribution is -0.151. The van der Waals surface area contributed by atoms with Gasteiger partial charge in [-0.25, -0.2) is 0 Å². The van der Waals surface area contributed by atoms with Crippen molar-refractivity contribution in [2.75, 3.05) is 39.6 Å². The maximum absolute atomic E-state index is 6.12. The Morgan fingerprint density at radius 2 is 2.05 bits per heavy atom. The molecule has 1 N–H and O–H groups in total. The van der Waals surface area contributed by atoms with Gasteiger partial charge in [-0.2, -0.15) is 0 Å². The van der Waals surface area contributed by atoms with E-state index in [0.29, 0.717) is 12.0 Å². The minimum Gasteiger partial charge on any atom is -0.381 e. The summed E-state index contributed by atoms with van der Waals surface area (Å²) in [7, 11) is 0. The number of hydrogen-bond acceptors (Lipinski definition) is 4. The minimum absolute atomic E-state index is 0.0844. The molecule has 0 aromatic rings.